The molecule has 0 aliphatic heterocycles. The first kappa shape index (κ1) is 14.3. The number of hydrogen-bond acceptors (Lipinski definition) is 3. The number of hydrazine groups is 1. The third kappa shape index (κ3) is 5.05. The molecule has 0 saturated heterocycles. The number of benzene rings is 1. The minimum absolute atomic E-state index is 0.639. The van der Waals surface area contributed by atoms with Gasteiger partial charge in [0, 0.05) is 13.1 Å². The Morgan fingerprint density at radius 2 is 2.28 bits per heavy atom. The number of guanidine groups is 1. The molecular formula is C13H22N4O. The zero-order valence-corrected chi connectivity index (χ0v) is 11.1. The fraction of sp³-hybridized carbons (Fsp3) is 0.462. The minimum Gasteiger partial charge on any atom is -0.497 e. The fourth-order valence-corrected chi connectivity index (χ4v) is 1.53. The van der Waals surface area contributed by atoms with E-state index >= 15 is 0 Å². The molecule has 5 nitrogen and oxygen atoms in total. The predicted molar refractivity (Wildman–Crippen MR) is 74.6 cm³/mol. The van der Waals surface area contributed by atoms with Crippen molar-refractivity contribution in [2.24, 2.45) is 10.8 Å². The van der Waals surface area contributed by atoms with Gasteiger partial charge in [-0.3, -0.25) is 10.4 Å². The van der Waals surface area contributed by atoms with Gasteiger partial charge < -0.3 is 10.1 Å². The third-order valence-corrected chi connectivity index (χ3v) is 2.47. The molecule has 1 aromatic carbocycles. The van der Waals surface area contributed by atoms with Crippen LogP contribution in [0.2, 0.25) is 0 Å². The Labute approximate surface area is 108 Å². The number of rotatable bonds is 6. The van der Waals surface area contributed by atoms with Gasteiger partial charge in [0.2, 0.25) is 5.96 Å². The fourth-order valence-electron chi connectivity index (χ4n) is 1.53. The van der Waals surface area contributed by atoms with Crippen LogP contribution in [-0.4, -0.2) is 26.2 Å². The van der Waals surface area contributed by atoms with Crippen LogP contribution in [0, 0.1) is 0 Å². The van der Waals surface area contributed by atoms with Gasteiger partial charge in [0.25, 0.3) is 0 Å². The Bertz CT molecular complexity index is 379. The predicted octanol–water partition coefficient (Wildman–Crippen LogP) is 1.06. The van der Waals surface area contributed by atoms with Crippen molar-refractivity contribution in [3.8, 4) is 5.75 Å². The first-order valence-electron chi connectivity index (χ1n) is 6.18. The maximum absolute atomic E-state index is 5.38. The van der Waals surface area contributed by atoms with Gasteiger partial charge in [-0.2, -0.15) is 0 Å². The molecule has 100 valence electrons. The van der Waals surface area contributed by atoms with Gasteiger partial charge in [-0.05, 0) is 30.5 Å². The van der Waals surface area contributed by atoms with Crippen molar-refractivity contribution in [2.75, 3.05) is 20.2 Å². The van der Waals surface area contributed by atoms with E-state index in [4.69, 9.17) is 10.6 Å². The highest BCUT2D eigenvalue weighted by atomic mass is 16.5. The van der Waals surface area contributed by atoms with Crippen molar-refractivity contribution in [3.63, 3.8) is 0 Å². The molecule has 0 radical (unpaired) electrons. The van der Waals surface area contributed by atoms with E-state index in [1.807, 2.05) is 18.2 Å². The number of nitrogens with one attached hydrogen (secondary N) is 2. The number of hydrogen-bond donors (Lipinski definition) is 3. The third-order valence-electron chi connectivity index (χ3n) is 2.47. The van der Waals surface area contributed by atoms with Crippen LogP contribution in [0.3, 0.4) is 0 Å². The van der Waals surface area contributed by atoms with Crippen molar-refractivity contribution in [1.82, 2.24) is 10.7 Å². The molecule has 0 saturated carbocycles. The maximum Gasteiger partial charge on any atom is 0.205 e. The SMILES string of the molecule is CCCN=C(NN)NCCc1cccc(OC)c1. The summed E-state index contributed by atoms with van der Waals surface area (Å²) in [5, 5.41) is 3.16. The lowest BCUT2D eigenvalue weighted by molar-refractivity contribution is 0.414. The van der Waals surface area contributed by atoms with Crippen LogP contribution in [0.4, 0.5) is 0 Å². The number of aliphatic imine (C=N–C) groups is 1. The summed E-state index contributed by atoms with van der Waals surface area (Å²) < 4.78 is 5.18. The van der Waals surface area contributed by atoms with E-state index in [2.05, 4.69) is 28.7 Å². The summed E-state index contributed by atoms with van der Waals surface area (Å²) in [6.45, 7) is 3.62. The molecule has 0 aliphatic rings. The van der Waals surface area contributed by atoms with E-state index in [0.29, 0.717) is 5.96 Å². The van der Waals surface area contributed by atoms with Crippen molar-refractivity contribution >= 4 is 5.96 Å². The average molecular weight is 250 g/mol. The summed E-state index contributed by atoms with van der Waals surface area (Å²) in [5.41, 5.74) is 3.78. The lowest BCUT2D eigenvalue weighted by Crippen LogP contribution is -2.42. The van der Waals surface area contributed by atoms with E-state index in [9.17, 15) is 0 Å². The van der Waals surface area contributed by atoms with Gasteiger partial charge in [0.1, 0.15) is 5.75 Å². The van der Waals surface area contributed by atoms with Gasteiger partial charge in [0.05, 0.1) is 7.11 Å². The van der Waals surface area contributed by atoms with Crippen LogP contribution in [0.1, 0.15) is 18.9 Å². The van der Waals surface area contributed by atoms with Crippen LogP contribution in [0.5, 0.6) is 5.75 Å². The van der Waals surface area contributed by atoms with E-state index in [-0.39, 0.29) is 0 Å². The van der Waals surface area contributed by atoms with E-state index in [1.54, 1.807) is 7.11 Å². The van der Waals surface area contributed by atoms with Crippen LogP contribution in [0.25, 0.3) is 0 Å². The van der Waals surface area contributed by atoms with Crippen molar-refractivity contribution in [2.45, 2.75) is 19.8 Å². The highest BCUT2D eigenvalue weighted by Gasteiger charge is 1.98. The molecule has 0 atom stereocenters. The zero-order valence-electron chi connectivity index (χ0n) is 11.1. The molecule has 0 aliphatic carbocycles. The highest BCUT2D eigenvalue weighted by molar-refractivity contribution is 5.79. The smallest absolute Gasteiger partial charge is 0.205 e. The summed E-state index contributed by atoms with van der Waals surface area (Å²) in [6.07, 6.45) is 1.90. The molecule has 0 heterocycles. The normalized spacial score (nSPS) is 11.2. The Hall–Kier alpha value is -1.75. The summed E-state index contributed by atoms with van der Waals surface area (Å²) in [7, 11) is 1.67. The first-order valence-corrected chi connectivity index (χ1v) is 6.18. The molecule has 0 amide bonds. The average Bonchev–Trinajstić information content (AvgIpc) is 2.43. The van der Waals surface area contributed by atoms with E-state index < -0.39 is 0 Å². The van der Waals surface area contributed by atoms with E-state index in [1.165, 1.54) is 5.56 Å². The molecule has 18 heavy (non-hydrogen) atoms. The number of nitrogens with zero attached hydrogens (tertiary/aromatic N) is 1. The van der Waals surface area contributed by atoms with Crippen molar-refractivity contribution < 1.29 is 4.74 Å². The maximum atomic E-state index is 5.38. The Morgan fingerprint density at radius 1 is 1.44 bits per heavy atom. The van der Waals surface area contributed by atoms with Crippen LogP contribution < -0.4 is 21.3 Å². The Balaban J connectivity index is 2.40. The molecule has 0 spiro atoms. The molecule has 0 aromatic heterocycles. The van der Waals surface area contributed by atoms with Crippen molar-refractivity contribution in [3.05, 3.63) is 29.8 Å². The Kier molecular flexibility index (Phi) is 6.64. The van der Waals surface area contributed by atoms with Gasteiger partial charge in [-0.15, -0.1) is 0 Å². The summed E-state index contributed by atoms with van der Waals surface area (Å²) >= 11 is 0. The molecule has 0 unspecified atom stereocenters. The molecule has 4 N–H and O–H groups in total. The second-order valence-corrected chi connectivity index (χ2v) is 3.90. The summed E-state index contributed by atoms with van der Waals surface area (Å²) in [4.78, 5) is 4.27. The van der Waals surface area contributed by atoms with Gasteiger partial charge in [-0.25, -0.2) is 5.84 Å². The number of nitrogens with two attached hydrogens (primary N) is 1. The van der Waals surface area contributed by atoms with Gasteiger partial charge >= 0.3 is 0 Å². The minimum atomic E-state index is 0.639. The second kappa shape index (κ2) is 8.36. The standard InChI is InChI=1S/C13H22N4O/c1-3-8-15-13(17-14)16-9-7-11-5-4-6-12(10-11)18-2/h4-6,10H,3,7-9,14H2,1-2H3,(H2,15,16,17). The highest BCUT2D eigenvalue weighted by Crippen LogP contribution is 2.12. The van der Waals surface area contributed by atoms with Gasteiger partial charge in [0.15, 0.2) is 0 Å². The Morgan fingerprint density at radius 3 is 2.94 bits per heavy atom. The van der Waals surface area contributed by atoms with Crippen LogP contribution >= 0.6 is 0 Å². The zero-order chi connectivity index (χ0) is 13.2. The quantitative estimate of drug-likeness (QED) is 0.305. The molecule has 1 rings (SSSR count). The molecule has 5 heteroatoms. The van der Waals surface area contributed by atoms with Crippen LogP contribution in [-0.2, 0) is 6.42 Å². The van der Waals surface area contributed by atoms with Crippen molar-refractivity contribution in [1.29, 1.82) is 0 Å². The second-order valence-electron chi connectivity index (χ2n) is 3.90. The van der Waals surface area contributed by atoms with Crippen LogP contribution in [0.15, 0.2) is 29.3 Å². The largest absolute Gasteiger partial charge is 0.497 e. The van der Waals surface area contributed by atoms with Gasteiger partial charge in [-0.1, -0.05) is 19.1 Å². The molecule has 0 bridgehead atoms. The topological polar surface area (TPSA) is 71.7 Å². The van der Waals surface area contributed by atoms with E-state index in [0.717, 1.165) is 31.7 Å². The summed E-state index contributed by atoms with van der Waals surface area (Å²) in [5.74, 6) is 6.89. The molecular weight excluding hydrogens is 228 g/mol. The molecule has 0 fully saturated rings. The molecule has 1 aromatic rings. The monoisotopic (exact) mass is 250 g/mol. The summed E-state index contributed by atoms with van der Waals surface area (Å²) in [6, 6.07) is 8.03. The first-order chi connectivity index (χ1) is 8.80. The lowest BCUT2D eigenvalue weighted by Gasteiger charge is -2.09. The number of ether oxygens (including phenoxy) is 1. The lowest BCUT2D eigenvalue weighted by atomic mass is 10.1. The number of methoxy groups -OCH3 is 1.